The van der Waals surface area contributed by atoms with Gasteiger partial charge in [-0.15, -0.1) is 0 Å². The number of fused-ring (bicyclic) bond motifs is 1. The van der Waals surface area contributed by atoms with E-state index in [1.54, 1.807) is 10.3 Å². The largest absolute Gasteiger partial charge is 0.276 e. The summed E-state index contributed by atoms with van der Waals surface area (Å²) in [5.41, 5.74) is 1.15. The lowest BCUT2D eigenvalue weighted by Gasteiger charge is -1.88. The summed E-state index contributed by atoms with van der Waals surface area (Å²) in [7, 11) is 2.86. The minimum absolute atomic E-state index is 0.189. The van der Waals surface area contributed by atoms with E-state index in [1.165, 1.54) is 10.3 Å². The highest BCUT2D eigenvalue weighted by Gasteiger charge is 1.99. The lowest BCUT2D eigenvalue weighted by atomic mass is 10.2. The van der Waals surface area contributed by atoms with Gasteiger partial charge in [-0.2, -0.15) is 0 Å². The van der Waals surface area contributed by atoms with Gasteiger partial charge in [-0.05, 0) is 29.4 Å². The zero-order valence-electron chi connectivity index (χ0n) is 5.96. The van der Waals surface area contributed by atoms with Crippen LogP contribution in [0, 0.1) is 6.92 Å². The minimum atomic E-state index is 0.189. The van der Waals surface area contributed by atoms with E-state index < -0.39 is 0 Å². The van der Waals surface area contributed by atoms with E-state index in [0.29, 0.717) is 0 Å². The molecule has 0 fully saturated rings. The van der Waals surface area contributed by atoms with Crippen LogP contribution >= 0.6 is 20.7 Å². The molecular formula is C8H6OS2. The fourth-order valence-corrected chi connectivity index (χ4v) is 3.06. The van der Waals surface area contributed by atoms with Gasteiger partial charge < -0.3 is 0 Å². The van der Waals surface area contributed by atoms with Crippen LogP contribution in [0.5, 0.6) is 0 Å². The van der Waals surface area contributed by atoms with Crippen molar-refractivity contribution in [2.75, 3.05) is 0 Å². The van der Waals surface area contributed by atoms with Crippen LogP contribution in [0.1, 0.15) is 5.56 Å². The predicted octanol–water partition coefficient (Wildman–Crippen LogP) is 2.63. The smallest absolute Gasteiger partial charge is 0.250 e. The van der Waals surface area contributed by atoms with Crippen LogP contribution in [0.3, 0.4) is 0 Å². The topological polar surface area (TPSA) is 17.1 Å². The third-order valence-electron chi connectivity index (χ3n) is 1.56. The van der Waals surface area contributed by atoms with Gasteiger partial charge in [-0.1, -0.05) is 22.0 Å². The number of rotatable bonds is 0. The molecule has 2 rings (SSSR count). The molecular weight excluding hydrogens is 176 g/mol. The molecule has 1 heterocycles. The van der Waals surface area contributed by atoms with E-state index in [0.717, 1.165) is 15.6 Å². The summed E-state index contributed by atoms with van der Waals surface area (Å²) >= 11 is 0. The first-order valence-electron chi connectivity index (χ1n) is 3.27. The summed E-state index contributed by atoms with van der Waals surface area (Å²) in [6.45, 7) is 2.00. The zero-order valence-corrected chi connectivity index (χ0v) is 7.59. The van der Waals surface area contributed by atoms with E-state index >= 15 is 0 Å². The highest BCUT2D eigenvalue weighted by Crippen LogP contribution is 2.20. The molecule has 0 aliphatic carbocycles. The Balaban J connectivity index is 2.99. The maximum atomic E-state index is 11.2. The molecule has 0 atom stereocenters. The maximum Gasteiger partial charge on any atom is 0.250 e. The number of benzene rings is 1. The molecule has 0 N–H and O–H groups in total. The Kier molecular flexibility index (Phi) is 1.55. The van der Waals surface area contributed by atoms with Crippen molar-refractivity contribution in [3.8, 4) is 0 Å². The number of hydrogen-bond acceptors (Lipinski definition) is 3. The summed E-state index contributed by atoms with van der Waals surface area (Å²) in [6.07, 6.45) is 0. The highest BCUT2D eigenvalue weighted by atomic mass is 32.9. The molecule has 0 amide bonds. The third kappa shape index (κ3) is 1.10. The van der Waals surface area contributed by atoms with Gasteiger partial charge in [0.1, 0.15) is 0 Å². The SMILES string of the molecule is Cc1ccc2ssc(=O)c2c1. The van der Waals surface area contributed by atoms with Crippen molar-refractivity contribution in [3.63, 3.8) is 0 Å². The lowest BCUT2D eigenvalue weighted by molar-refractivity contribution is 1.51. The standard InChI is InChI=1S/C8H6OS2/c1-5-2-3-7-6(4-5)8(9)11-10-7/h2-4H,1H3. The summed E-state index contributed by atoms with van der Waals surface area (Å²) in [5.74, 6) is 0. The number of hydrogen-bond donors (Lipinski definition) is 0. The molecule has 0 saturated carbocycles. The summed E-state index contributed by atoms with van der Waals surface area (Å²) in [5, 5.41) is 0.875. The summed E-state index contributed by atoms with van der Waals surface area (Å²) in [6, 6.07) is 5.99. The Morgan fingerprint density at radius 2 is 2.09 bits per heavy atom. The molecule has 0 saturated heterocycles. The van der Waals surface area contributed by atoms with Gasteiger partial charge in [0.05, 0.1) is 5.39 Å². The quantitative estimate of drug-likeness (QED) is 0.572. The molecule has 0 radical (unpaired) electrons. The molecule has 0 unspecified atom stereocenters. The van der Waals surface area contributed by atoms with Gasteiger partial charge in [0, 0.05) is 4.70 Å². The number of aryl methyl sites for hydroxylation is 1. The van der Waals surface area contributed by atoms with E-state index in [4.69, 9.17) is 0 Å². The second-order valence-corrected chi connectivity index (χ2v) is 4.60. The molecule has 0 aliphatic heterocycles. The van der Waals surface area contributed by atoms with Gasteiger partial charge in [0.2, 0.25) is 0 Å². The van der Waals surface area contributed by atoms with Crippen molar-refractivity contribution in [3.05, 3.63) is 33.3 Å². The van der Waals surface area contributed by atoms with Crippen molar-refractivity contribution >= 4 is 30.8 Å². The van der Waals surface area contributed by atoms with Crippen LogP contribution in [-0.4, -0.2) is 0 Å². The first-order valence-corrected chi connectivity index (χ1v) is 5.42. The average molecular weight is 182 g/mol. The highest BCUT2D eigenvalue weighted by molar-refractivity contribution is 7.71. The first kappa shape index (κ1) is 7.00. The predicted molar refractivity (Wildman–Crippen MR) is 50.7 cm³/mol. The van der Waals surface area contributed by atoms with Crippen LogP contribution in [-0.2, 0) is 0 Å². The Morgan fingerprint density at radius 1 is 1.27 bits per heavy atom. The Morgan fingerprint density at radius 3 is 2.91 bits per heavy atom. The molecule has 1 nitrogen and oxygen atoms in total. The van der Waals surface area contributed by atoms with Crippen LogP contribution < -0.4 is 4.74 Å². The van der Waals surface area contributed by atoms with E-state index in [1.807, 2.05) is 25.1 Å². The molecule has 11 heavy (non-hydrogen) atoms. The average Bonchev–Trinajstić information content (AvgIpc) is 2.33. The van der Waals surface area contributed by atoms with E-state index in [9.17, 15) is 4.79 Å². The summed E-state index contributed by atoms with van der Waals surface area (Å²) in [4.78, 5) is 11.2. The van der Waals surface area contributed by atoms with Crippen LogP contribution in [0.2, 0.25) is 0 Å². The second kappa shape index (κ2) is 2.43. The van der Waals surface area contributed by atoms with Gasteiger partial charge in [-0.3, -0.25) is 4.79 Å². The minimum Gasteiger partial charge on any atom is -0.276 e. The Hall–Kier alpha value is -0.670. The fourth-order valence-electron chi connectivity index (χ4n) is 1.00. The molecule has 0 spiro atoms. The molecule has 1 aromatic carbocycles. The molecule has 3 heteroatoms. The van der Waals surface area contributed by atoms with Crippen molar-refractivity contribution in [1.29, 1.82) is 0 Å². The lowest BCUT2D eigenvalue weighted by Crippen LogP contribution is -1.87. The van der Waals surface area contributed by atoms with Gasteiger partial charge in [0.25, 0.3) is 4.74 Å². The molecule has 0 bridgehead atoms. The normalized spacial score (nSPS) is 10.6. The maximum absolute atomic E-state index is 11.2. The Bertz CT molecular complexity index is 439. The van der Waals surface area contributed by atoms with Crippen molar-refractivity contribution < 1.29 is 0 Å². The van der Waals surface area contributed by atoms with E-state index in [-0.39, 0.29) is 4.74 Å². The van der Waals surface area contributed by atoms with Gasteiger partial charge >= 0.3 is 0 Å². The van der Waals surface area contributed by atoms with Crippen LogP contribution in [0.15, 0.2) is 23.0 Å². The monoisotopic (exact) mass is 182 g/mol. The second-order valence-electron chi connectivity index (χ2n) is 2.45. The third-order valence-corrected chi connectivity index (χ3v) is 3.80. The van der Waals surface area contributed by atoms with Crippen molar-refractivity contribution in [2.24, 2.45) is 0 Å². The van der Waals surface area contributed by atoms with Crippen molar-refractivity contribution in [1.82, 2.24) is 0 Å². The fraction of sp³-hybridized carbons (Fsp3) is 0.125. The van der Waals surface area contributed by atoms with Gasteiger partial charge in [0.15, 0.2) is 0 Å². The van der Waals surface area contributed by atoms with Gasteiger partial charge in [-0.25, -0.2) is 0 Å². The Labute approximate surface area is 71.3 Å². The van der Waals surface area contributed by atoms with Crippen LogP contribution in [0.25, 0.3) is 10.1 Å². The molecule has 1 aromatic heterocycles. The van der Waals surface area contributed by atoms with Crippen LogP contribution in [0.4, 0.5) is 0 Å². The zero-order chi connectivity index (χ0) is 7.84. The summed E-state index contributed by atoms with van der Waals surface area (Å²) < 4.78 is 1.29. The molecule has 2 aromatic rings. The van der Waals surface area contributed by atoms with Crippen molar-refractivity contribution in [2.45, 2.75) is 6.92 Å². The molecule has 0 aliphatic rings. The van der Waals surface area contributed by atoms with E-state index in [2.05, 4.69) is 0 Å². The first-order chi connectivity index (χ1) is 5.27. The molecule has 56 valence electrons.